The lowest BCUT2D eigenvalue weighted by Crippen LogP contribution is -2.23. The molecule has 0 spiro atoms. The molecule has 1 aromatic heterocycles. The number of nitrogens with two attached hydrogens (primary N) is 1. The lowest BCUT2D eigenvalue weighted by molar-refractivity contribution is 0.102. The van der Waals surface area contributed by atoms with Crippen molar-refractivity contribution in [3.8, 4) is 0 Å². The second-order valence-corrected chi connectivity index (χ2v) is 5.77. The van der Waals surface area contributed by atoms with Crippen molar-refractivity contribution in [3.63, 3.8) is 0 Å². The van der Waals surface area contributed by atoms with Crippen molar-refractivity contribution < 1.29 is 13.2 Å². The fourth-order valence-electron chi connectivity index (χ4n) is 1.55. The molecule has 0 bridgehead atoms. The van der Waals surface area contributed by atoms with Gasteiger partial charge in [-0.3, -0.25) is 9.59 Å². The zero-order valence-electron chi connectivity index (χ0n) is 11.0. The first-order chi connectivity index (χ1) is 9.77. The zero-order chi connectivity index (χ0) is 15.6. The molecular formula is C12H12N4O4S. The maximum atomic E-state index is 11.9. The van der Waals surface area contributed by atoms with Crippen LogP contribution in [0.25, 0.3) is 0 Å². The predicted octanol–water partition coefficient (Wildman–Crippen LogP) is -0.320. The average molecular weight is 308 g/mol. The summed E-state index contributed by atoms with van der Waals surface area (Å²) in [7, 11) is -2.34. The summed E-state index contributed by atoms with van der Waals surface area (Å²) in [5, 5.41) is 11.3. The minimum Gasteiger partial charge on any atom is -0.321 e. The highest BCUT2D eigenvalue weighted by Gasteiger charge is 2.11. The van der Waals surface area contributed by atoms with Gasteiger partial charge in [0.05, 0.1) is 4.90 Å². The Morgan fingerprint density at radius 1 is 1.19 bits per heavy atom. The molecule has 8 nitrogen and oxygen atoms in total. The summed E-state index contributed by atoms with van der Waals surface area (Å²) in [6.45, 7) is 0. The van der Waals surface area contributed by atoms with Gasteiger partial charge in [-0.25, -0.2) is 18.2 Å². The van der Waals surface area contributed by atoms with Gasteiger partial charge >= 0.3 is 0 Å². The monoisotopic (exact) mass is 308 g/mol. The molecule has 0 fully saturated rings. The van der Waals surface area contributed by atoms with Crippen molar-refractivity contribution >= 4 is 21.6 Å². The van der Waals surface area contributed by atoms with Crippen molar-refractivity contribution in [1.29, 1.82) is 0 Å². The van der Waals surface area contributed by atoms with Gasteiger partial charge < -0.3 is 5.32 Å². The second-order valence-electron chi connectivity index (χ2n) is 4.20. The van der Waals surface area contributed by atoms with Gasteiger partial charge in [-0.05, 0) is 30.3 Å². The number of benzene rings is 1. The van der Waals surface area contributed by atoms with Crippen LogP contribution in [0.2, 0.25) is 0 Å². The van der Waals surface area contributed by atoms with Crippen LogP contribution in [0.15, 0.2) is 46.1 Å². The Labute approximate surface area is 120 Å². The van der Waals surface area contributed by atoms with E-state index >= 15 is 0 Å². The highest BCUT2D eigenvalue weighted by molar-refractivity contribution is 7.89. The maximum absolute atomic E-state index is 11.9. The smallest absolute Gasteiger partial charge is 0.276 e. The quantitative estimate of drug-likeness (QED) is 0.804. The number of hydrogen-bond donors (Lipinski definition) is 2. The third-order valence-corrected chi connectivity index (χ3v) is 3.56. The molecule has 0 saturated heterocycles. The van der Waals surface area contributed by atoms with Crippen LogP contribution in [-0.4, -0.2) is 24.1 Å². The molecule has 1 aromatic carbocycles. The Morgan fingerprint density at radius 2 is 1.81 bits per heavy atom. The third kappa shape index (κ3) is 3.52. The number of anilines is 1. The summed E-state index contributed by atoms with van der Waals surface area (Å²) in [5.41, 5.74) is 0.111. The van der Waals surface area contributed by atoms with E-state index in [1.165, 1.54) is 43.4 Å². The minimum atomic E-state index is -3.77. The summed E-state index contributed by atoms with van der Waals surface area (Å²) >= 11 is 0. The largest absolute Gasteiger partial charge is 0.321 e. The normalized spacial score (nSPS) is 11.1. The van der Waals surface area contributed by atoms with Gasteiger partial charge in [0.1, 0.15) is 5.69 Å². The van der Waals surface area contributed by atoms with Crippen molar-refractivity contribution in [3.05, 3.63) is 52.4 Å². The van der Waals surface area contributed by atoms with Gasteiger partial charge in [0.25, 0.3) is 11.5 Å². The molecule has 1 amide bonds. The topological polar surface area (TPSA) is 124 Å². The number of rotatable bonds is 3. The van der Waals surface area contributed by atoms with Gasteiger partial charge in [0.2, 0.25) is 10.0 Å². The van der Waals surface area contributed by atoms with Crippen molar-refractivity contribution in [2.75, 3.05) is 5.32 Å². The maximum Gasteiger partial charge on any atom is 0.276 e. The van der Waals surface area contributed by atoms with E-state index in [-0.39, 0.29) is 16.1 Å². The molecule has 2 aromatic rings. The summed E-state index contributed by atoms with van der Waals surface area (Å²) < 4.78 is 23.3. The van der Waals surface area contributed by atoms with Crippen LogP contribution in [0, 0.1) is 0 Å². The van der Waals surface area contributed by atoms with Gasteiger partial charge in [0, 0.05) is 18.8 Å². The minimum absolute atomic E-state index is 0.0549. The van der Waals surface area contributed by atoms with Crippen LogP contribution in [0.5, 0.6) is 0 Å². The van der Waals surface area contributed by atoms with Crippen LogP contribution in [-0.2, 0) is 17.1 Å². The van der Waals surface area contributed by atoms with Gasteiger partial charge in [-0.15, -0.1) is 0 Å². The van der Waals surface area contributed by atoms with Crippen LogP contribution >= 0.6 is 0 Å². The van der Waals surface area contributed by atoms with Crippen LogP contribution in [0.1, 0.15) is 10.5 Å². The van der Waals surface area contributed by atoms with Crippen molar-refractivity contribution in [2.45, 2.75) is 4.90 Å². The molecule has 0 saturated carbocycles. The lowest BCUT2D eigenvalue weighted by atomic mass is 10.3. The number of sulfonamides is 1. The molecule has 0 aliphatic heterocycles. The van der Waals surface area contributed by atoms with E-state index in [4.69, 9.17) is 5.14 Å². The molecule has 2 rings (SSSR count). The number of hydrogen-bond acceptors (Lipinski definition) is 5. The number of primary sulfonamides is 1. The van der Waals surface area contributed by atoms with Crippen molar-refractivity contribution in [2.24, 2.45) is 12.2 Å². The highest BCUT2D eigenvalue weighted by atomic mass is 32.2. The third-order valence-electron chi connectivity index (χ3n) is 2.63. The van der Waals surface area contributed by atoms with Crippen LogP contribution in [0.4, 0.5) is 5.69 Å². The number of nitrogens with one attached hydrogen (secondary N) is 1. The average Bonchev–Trinajstić information content (AvgIpc) is 2.41. The first-order valence-corrected chi connectivity index (χ1v) is 7.30. The predicted molar refractivity (Wildman–Crippen MR) is 75.2 cm³/mol. The fraction of sp³-hybridized carbons (Fsp3) is 0.0833. The van der Waals surface area contributed by atoms with Gasteiger partial charge in [-0.1, -0.05) is 0 Å². The van der Waals surface area contributed by atoms with E-state index in [0.717, 1.165) is 4.68 Å². The van der Waals surface area contributed by atoms with Gasteiger partial charge in [0.15, 0.2) is 0 Å². The zero-order valence-corrected chi connectivity index (χ0v) is 11.8. The van der Waals surface area contributed by atoms with Crippen LogP contribution in [0.3, 0.4) is 0 Å². The molecule has 1 heterocycles. The van der Waals surface area contributed by atoms with E-state index in [9.17, 15) is 18.0 Å². The number of carbonyl (C=O) groups excluding carboxylic acids is 1. The number of aryl methyl sites for hydroxylation is 1. The van der Waals surface area contributed by atoms with Crippen LogP contribution < -0.4 is 16.0 Å². The van der Waals surface area contributed by atoms with E-state index in [0.29, 0.717) is 5.69 Å². The Kier molecular flexibility index (Phi) is 3.87. The summed E-state index contributed by atoms with van der Waals surface area (Å²) in [6, 6.07) is 7.89. The fourth-order valence-corrected chi connectivity index (χ4v) is 2.06. The van der Waals surface area contributed by atoms with Gasteiger partial charge in [-0.2, -0.15) is 5.10 Å². The Bertz CT molecular complexity index is 840. The molecule has 3 N–H and O–H groups in total. The molecule has 0 unspecified atom stereocenters. The molecule has 0 atom stereocenters. The summed E-state index contributed by atoms with van der Waals surface area (Å²) in [5.74, 6) is -0.519. The molecule has 21 heavy (non-hydrogen) atoms. The lowest BCUT2D eigenvalue weighted by Gasteiger charge is -2.06. The Hall–Kier alpha value is -2.52. The Morgan fingerprint density at radius 3 is 2.33 bits per heavy atom. The Balaban J connectivity index is 2.19. The molecule has 0 aliphatic rings. The highest BCUT2D eigenvalue weighted by Crippen LogP contribution is 2.13. The standard InChI is InChI=1S/C12H12N4O4S/c1-16-11(17)7-6-10(15-16)12(18)14-8-2-4-9(5-3-8)21(13,19)20/h2-7H,1H3,(H,14,18)(H2,13,19,20). The first-order valence-electron chi connectivity index (χ1n) is 5.76. The molecule has 0 radical (unpaired) electrons. The molecular weight excluding hydrogens is 296 g/mol. The number of nitrogens with zero attached hydrogens (tertiary/aromatic N) is 2. The van der Waals surface area contributed by atoms with E-state index in [1.807, 2.05) is 0 Å². The van der Waals surface area contributed by atoms with E-state index in [1.54, 1.807) is 0 Å². The van der Waals surface area contributed by atoms with E-state index in [2.05, 4.69) is 10.4 Å². The van der Waals surface area contributed by atoms with E-state index < -0.39 is 15.9 Å². The SMILES string of the molecule is Cn1nc(C(=O)Nc2ccc(S(N)(=O)=O)cc2)ccc1=O. The molecule has 110 valence electrons. The molecule has 9 heteroatoms. The summed E-state index contributed by atoms with van der Waals surface area (Å²) in [6.07, 6.45) is 0. The second kappa shape index (κ2) is 5.46. The molecule has 0 aliphatic carbocycles. The number of carbonyl (C=O) groups is 1. The number of aromatic nitrogens is 2. The number of amides is 1. The summed E-state index contributed by atoms with van der Waals surface area (Å²) in [4.78, 5) is 23.1. The first kappa shape index (κ1) is 14.9. The van der Waals surface area contributed by atoms with Crippen molar-refractivity contribution in [1.82, 2.24) is 9.78 Å².